The molecule has 3 aromatic rings. The molecule has 2 fully saturated rings. The number of carbonyl (C=O) groups excluding carboxylic acids is 10. The largest absolute Gasteiger partial charge is 0.465 e. The molecule has 6 rings (SSSR count). The molecule has 1 aliphatic heterocycles. The van der Waals surface area contributed by atoms with Gasteiger partial charge in [-0.1, -0.05) is 60.9 Å². The molecule has 24 heteroatoms. The Morgan fingerprint density at radius 2 is 0.824 bits per heavy atom. The molecule has 3 aliphatic rings. The van der Waals surface area contributed by atoms with Crippen molar-refractivity contribution < 1.29 is 95.3 Å². The van der Waals surface area contributed by atoms with E-state index in [0.29, 0.717) is 95.3 Å². The van der Waals surface area contributed by atoms with Crippen LogP contribution < -0.4 is 18.9 Å². The lowest BCUT2D eigenvalue weighted by molar-refractivity contribution is -0.152. The standard InChI is InChI=1S/C61H62N2O20S2/c1-4-48(64)76-30-32-78-52(68)24-22-50(66)74-28-26-38-6-18-45(19-7-38)80-57(70)40-10-14-42(15-11-40)59(72)82-47-34-37(3)54(56-55(47)84-61(85-56)44(35-62)36-63)83-60(73)43-16-12-41(13-17-43)58(71)81-46-20-8-39(9-21-46)27-29-75-51(67)23-25-53(69)79-33-31-77-49(65)5-2/h4-9,18-21,34,40-43H,1-2,10-17,22-33H2,3H3/t40-,41-,42-,43-. The summed E-state index contributed by atoms with van der Waals surface area (Å²) in [5.74, 6) is -6.77. The van der Waals surface area contributed by atoms with E-state index < -0.39 is 83.4 Å². The number of hydrogen-bond donors (Lipinski definition) is 0. The lowest BCUT2D eigenvalue weighted by atomic mass is 9.82. The fourth-order valence-electron chi connectivity index (χ4n) is 8.87. The van der Waals surface area contributed by atoms with Crippen molar-refractivity contribution in [3.05, 3.63) is 106 Å². The second kappa shape index (κ2) is 33.5. The number of nitriles is 2. The Labute approximate surface area is 498 Å². The molecule has 0 amide bonds. The molecule has 0 saturated heterocycles. The average Bonchev–Trinajstić information content (AvgIpc) is 3.68. The number of rotatable bonds is 28. The number of aryl methyl sites for hydroxylation is 1. The van der Waals surface area contributed by atoms with E-state index in [0.717, 1.165) is 46.8 Å². The Kier molecular flexibility index (Phi) is 25.8. The van der Waals surface area contributed by atoms with E-state index in [1.165, 1.54) is 0 Å². The van der Waals surface area contributed by atoms with Crippen molar-refractivity contribution in [1.29, 1.82) is 10.5 Å². The first-order chi connectivity index (χ1) is 41.0. The maximum Gasteiger partial charge on any atom is 0.330 e. The molecule has 0 unspecified atom stereocenters. The van der Waals surface area contributed by atoms with E-state index in [9.17, 15) is 58.5 Å². The zero-order valence-corrected chi connectivity index (χ0v) is 48.2. The van der Waals surface area contributed by atoms with Crippen LogP contribution in [-0.4, -0.2) is 99.3 Å². The Morgan fingerprint density at radius 3 is 1.20 bits per heavy atom. The summed E-state index contributed by atoms with van der Waals surface area (Å²) in [5, 5.41) is 19.5. The molecule has 85 heavy (non-hydrogen) atoms. The first kappa shape index (κ1) is 65.4. The Morgan fingerprint density at radius 1 is 0.482 bits per heavy atom. The summed E-state index contributed by atoms with van der Waals surface area (Å²) in [4.78, 5) is 125. The van der Waals surface area contributed by atoms with Crippen LogP contribution in [-0.2, 0) is 89.2 Å². The summed E-state index contributed by atoms with van der Waals surface area (Å²) in [5.41, 5.74) is 1.90. The van der Waals surface area contributed by atoms with Crippen LogP contribution in [0.1, 0.15) is 93.7 Å². The van der Waals surface area contributed by atoms with Crippen LogP contribution in [0.5, 0.6) is 23.0 Å². The molecule has 0 radical (unpaired) electrons. The third-order valence-electron chi connectivity index (χ3n) is 13.5. The molecule has 448 valence electrons. The lowest BCUT2D eigenvalue weighted by Gasteiger charge is -2.27. The topological polar surface area (TPSA) is 311 Å². The van der Waals surface area contributed by atoms with Gasteiger partial charge in [0.15, 0.2) is 0 Å². The van der Waals surface area contributed by atoms with Crippen molar-refractivity contribution >= 4 is 83.2 Å². The van der Waals surface area contributed by atoms with Crippen LogP contribution in [0.2, 0.25) is 0 Å². The van der Waals surface area contributed by atoms with Gasteiger partial charge < -0.3 is 47.4 Å². The number of benzene rings is 3. The van der Waals surface area contributed by atoms with E-state index in [1.807, 2.05) is 12.1 Å². The molecule has 0 aromatic heterocycles. The van der Waals surface area contributed by atoms with Crippen molar-refractivity contribution in [1.82, 2.24) is 0 Å². The minimum atomic E-state index is -0.644. The fourth-order valence-corrected chi connectivity index (χ4v) is 11.4. The molecule has 22 nitrogen and oxygen atoms in total. The minimum Gasteiger partial charge on any atom is -0.465 e. The molecule has 0 N–H and O–H groups in total. The first-order valence-corrected chi connectivity index (χ1v) is 28.9. The van der Waals surface area contributed by atoms with Gasteiger partial charge in [0, 0.05) is 25.0 Å². The summed E-state index contributed by atoms with van der Waals surface area (Å²) in [7, 11) is 0. The zero-order chi connectivity index (χ0) is 61.3. The molecule has 0 atom stereocenters. The number of fused-ring (bicyclic) bond motifs is 1. The predicted molar refractivity (Wildman–Crippen MR) is 299 cm³/mol. The van der Waals surface area contributed by atoms with Crippen LogP contribution in [0.15, 0.2) is 99.5 Å². The maximum atomic E-state index is 13.8. The number of allylic oxidation sites excluding steroid dienone is 1. The van der Waals surface area contributed by atoms with E-state index in [4.69, 9.17) is 47.4 Å². The molecule has 0 bridgehead atoms. The minimum absolute atomic E-state index is 0.0509. The highest BCUT2D eigenvalue weighted by molar-refractivity contribution is 8.24. The summed E-state index contributed by atoms with van der Waals surface area (Å²) >= 11 is 2.12. The summed E-state index contributed by atoms with van der Waals surface area (Å²) in [6.45, 7) is 7.74. The lowest BCUT2D eigenvalue weighted by Crippen LogP contribution is -2.31. The van der Waals surface area contributed by atoms with Crippen molar-refractivity contribution in [2.24, 2.45) is 23.7 Å². The molecule has 1 heterocycles. The average molecular weight is 1210 g/mol. The number of esters is 10. The van der Waals surface area contributed by atoms with Crippen LogP contribution in [0, 0.1) is 53.3 Å². The summed E-state index contributed by atoms with van der Waals surface area (Å²) in [6, 6.07) is 18.8. The fraction of sp³-hybridized carbons (Fsp3) is 0.410. The van der Waals surface area contributed by atoms with Crippen LogP contribution >= 0.6 is 23.5 Å². The molecule has 2 saturated carbocycles. The van der Waals surface area contributed by atoms with E-state index >= 15 is 0 Å². The molecule has 3 aromatic carbocycles. The smallest absolute Gasteiger partial charge is 0.330 e. The van der Waals surface area contributed by atoms with Gasteiger partial charge in [-0.15, -0.1) is 0 Å². The van der Waals surface area contributed by atoms with Crippen molar-refractivity contribution in [2.75, 3.05) is 39.6 Å². The quantitative estimate of drug-likeness (QED) is 0.0164. The highest BCUT2D eigenvalue weighted by atomic mass is 32.2. The third-order valence-corrected chi connectivity index (χ3v) is 16.1. The Bertz CT molecular complexity index is 3090. The van der Waals surface area contributed by atoms with Crippen molar-refractivity contribution in [3.63, 3.8) is 0 Å². The monoisotopic (exact) mass is 1210 g/mol. The van der Waals surface area contributed by atoms with Gasteiger partial charge in [-0.2, -0.15) is 10.5 Å². The second-order valence-electron chi connectivity index (χ2n) is 19.5. The van der Waals surface area contributed by atoms with Crippen LogP contribution in [0.25, 0.3) is 0 Å². The maximum absolute atomic E-state index is 13.8. The molecular weight excluding hydrogens is 1140 g/mol. The number of nitrogens with zero attached hydrogens (tertiary/aromatic N) is 2. The van der Waals surface area contributed by atoms with Crippen molar-refractivity contribution in [3.8, 4) is 35.1 Å². The number of hydrogen-bond acceptors (Lipinski definition) is 24. The van der Waals surface area contributed by atoms with Gasteiger partial charge in [0.25, 0.3) is 0 Å². The highest BCUT2D eigenvalue weighted by Crippen LogP contribution is 2.60. The van der Waals surface area contributed by atoms with Gasteiger partial charge in [-0.3, -0.25) is 38.4 Å². The van der Waals surface area contributed by atoms with Gasteiger partial charge in [0.05, 0.1) is 76.6 Å². The number of ether oxygens (including phenoxy) is 10. The van der Waals surface area contributed by atoms with Crippen molar-refractivity contribution in [2.45, 2.75) is 107 Å². The molecular formula is C61H62N2O20S2. The zero-order valence-electron chi connectivity index (χ0n) is 46.6. The van der Waals surface area contributed by atoms with Gasteiger partial charge in [0.2, 0.25) is 0 Å². The molecule has 0 spiro atoms. The highest BCUT2D eigenvalue weighted by Gasteiger charge is 2.37. The second-order valence-corrected chi connectivity index (χ2v) is 21.8. The number of carbonyl (C=O) groups is 10. The third kappa shape index (κ3) is 20.8. The van der Waals surface area contributed by atoms with Crippen LogP contribution in [0.4, 0.5) is 0 Å². The van der Waals surface area contributed by atoms with Gasteiger partial charge in [0.1, 0.15) is 67.1 Å². The first-order valence-electron chi connectivity index (χ1n) is 27.3. The van der Waals surface area contributed by atoms with Gasteiger partial charge >= 0.3 is 59.7 Å². The van der Waals surface area contributed by atoms with E-state index in [2.05, 4.69) is 13.2 Å². The summed E-state index contributed by atoms with van der Waals surface area (Å²) < 4.78 is 53.4. The SMILES string of the molecule is C=CC(=O)OCCOC(=O)CCC(=O)OCCc1ccc(OC(=O)[C@H]2CC[C@H](C(=O)Oc3cc(C)c(OC(=O)[C@H]4CC[C@H](C(=O)Oc5ccc(CCOC(=O)CCC(=O)OCCOC(=O)C=C)cc5)CC4)c4c3SC(=C(C#N)C#N)S4)CC2)cc1. The Hall–Kier alpha value is -8.74. The predicted octanol–water partition coefficient (Wildman–Crippen LogP) is 8.36. The normalized spacial score (nSPS) is 16.7. The Balaban J connectivity index is 0.916. The molecule has 2 aliphatic carbocycles. The number of thioether (sulfide) groups is 2. The summed E-state index contributed by atoms with van der Waals surface area (Å²) in [6.07, 6.45) is 4.71. The van der Waals surface area contributed by atoms with Gasteiger partial charge in [-0.25, -0.2) is 9.59 Å². The van der Waals surface area contributed by atoms with E-state index in [-0.39, 0.29) is 82.4 Å². The van der Waals surface area contributed by atoms with E-state index in [1.54, 1.807) is 61.5 Å². The van der Waals surface area contributed by atoms with Gasteiger partial charge in [-0.05, 0) is 105 Å². The van der Waals surface area contributed by atoms with Crippen LogP contribution in [0.3, 0.4) is 0 Å².